The second kappa shape index (κ2) is 6.73. The molecule has 1 aliphatic rings. The molecule has 0 bridgehead atoms. The summed E-state index contributed by atoms with van der Waals surface area (Å²) in [5.74, 6) is -0.0684. The van der Waals surface area contributed by atoms with Crippen LogP contribution >= 0.6 is 27.5 Å². The molecule has 1 N–H and O–H groups in total. The number of carbonyl (C=O) groups is 1. The monoisotopic (exact) mass is 344 g/mol. The predicted octanol–water partition coefficient (Wildman–Crippen LogP) is 3.32. The molecule has 1 atom stereocenters. The average molecular weight is 346 g/mol. The van der Waals surface area contributed by atoms with Gasteiger partial charge in [-0.2, -0.15) is 0 Å². The Bertz CT molecular complexity index is 461. The fourth-order valence-corrected chi connectivity index (χ4v) is 2.77. The molecular weight excluding hydrogens is 328 g/mol. The van der Waals surface area contributed by atoms with Crippen LogP contribution in [0.4, 0.5) is 0 Å². The summed E-state index contributed by atoms with van der Waals surface area (Å²) in [5.41, 5.74) is 0.599. The van der Waals surface area contributed by atoms with Crippen molar-refractivity contribution in [3.8, 4) is 0 Å². The number of nitrogens with zero attached hydrogens (tertiary/aromatic N) is 1. The zero-order chi connectivity index (χ0) is 13.8. The van der Waals surface area contributed by atoms with E-state index in [-0.39, 0.29) is 11.9 Å². The Kier molecular flexibility index (Phi) is 5.25. The summed E-state index contributed by atoms with van der Waals surface area (Å²) in [6, 6.07) is 5.40. The molecular formula is C14H18BrClN2O. The molecule has 1 fully saturated rings. The third kappa shape index (κ3) is 4.20. The molecule has 1 amide bonds. The zero-order valence-electron chi connectivity index (χ0n) is 11.0. The molecule has 0 aliphatic carbocycles. The molecule has 1 heterocycles. The van der Waals surface area contributed by atoms with Crippen molar-refractivity contribution >= 4 is 33.4 Å². The highest BCUT2D eigenvalue weighted by Crippen LogP contribution is 2.23. The van der Waals surface area contributed by atoms with Crippen molar-refractivity contribution in [2.24, 2.45) is 0 Å². The number of likely N-dealkylation sites (tertiary alicyclic amines) is 1. The number of benzene rings is 1. The fraction of sp³-hybridized carbons (Fsp3) is 0.500. The van der Waals surface area contributed by atoms with Crippen molar-refractivity contribution in [3.63, 3.8) is 0 Å². The van der Waals surface area contributed by atoms with Crippen LogP contribution in [0.15, 0.2) is 22.7 Å². The Morgan fingerprint density at radius 1 is 1.47 bits per heavy atom. The van der Waals surface area contributed by atoms with Crippen molar-refractivity contribution in [1.29, 1.82) is 0 Å². The van der Waals surface area contributed by atoms with Crippen LogP contribution in [0, 0.1) is 0 Å². The lowest BCUT2D eigenvalue weighted by Gasteiger charge is -2.21. The molecule has 104 valence electrons. The van der Waals surface area contributed by atoms with Crippen molar-refractivity contribution in [2.75, 3.05) is 19.6 Å². The molecule has 0 spiro atoms. The smallest absolute Gasteiger partial charge is 0.251 e. The maximum absolute atomic E-state index is 12.1. The van der Waals surface area contributed by atoms with Gasteiger partial charge in [-0.25, -0.2) is 0 Å². The summed E-state index contributed by atoms with van der Waals surface area (Å²) >= 11 is 9.31. The number of rotatable bonds is 4. The zero-order valence-corrected chi connectivity index (χ0v) is 13.3. The lowest BCUT2D eigenvalue weighted by atomic mass is 10.2. The van der Waals surface area contributed by atoms with Crippen LogP contribution in [-0.2, 0) is 0 Å². The van der Waals surface area contributed by atoms with E-state index in [4.69, 9.17) is 11.6 Å². The normalized spacial score (nSPS) is 17.4. The van der Waals surface area contributed by atoms with E-state index in [1.54, 1.807) is 18.2 Å². The molecule has 5 heteroatoms. The first-order chi connectivity index (χ1) is 9.06. The third-order valence-corrected chi connectivity index (χ3v) is 4.52. The fourth-order valence-electron chi connectivity index (χ4n) is 2.34. The van der Waals surface area contributed by atoms with Gasteiger partial charge in [-0.1, -0.05) is 11.6 Å². The Labute approximate surface area is 127 Å². The van der Waals surface area contributed by atoms with E-state index in [1.165, 1.54) is 12.8 Å². The first-order valence-corrected chi connectivity index (χ1v) is 7.71. The molecule has 1 aromatic rings. The largest absolute Gasteiger partial charge is 0.348 e. The Morgan fingerprint density at radius 3 is 2.79 bits per heavy atom. The van der Waals surface area contributed by atoms with E-state index in [0.29, 0.717) is 10.6 Å². The highest BCUT2D eigenvalue weighted by molar-refractivity contribution is 9.10. The van der Waals surface area contributed by atoms with Gasteiger partial charge in [0.15, 0.2) is 0 Å². The number of hydrogen-bond donors (Lipinski definition) is 1. The summed E-state index contributed by atoms with van der Waals surface area (Å²) in [6.45, 7) is 5.24. The standard InChI is InChI=1S/C14H18BrClN2O/c1-10(9-18-6-2-3-7-18)17-14(19)11-4-5-12(15)13(16)8-11/h4-5,8,10H,2-3,6-7,9H2,1H3,(H,17,19). The van der Waals surface area contributed by atoms with E-state index >= 15 is 0 Å². The maximum Gasteiger partial charge on any atom is 0.251 e. The number of nitrogens with one attached hydrogen (secondary N) is 1. The number of amides is 1. The summed E-state index contributed by atoms with van der Waals surface area (Å²) in [4.78, 5) is 14.5. The van der Waals surface area contributed by atoms with Gasteiger partial charge in [0.25, 0.3) is 5.91 Å². The van der Waals surface area contributed by atoms with Crippen LogP contribution < -0.4 is 5.32 Å². The Hall–Kier alpha value is -0.580. The SMILES string of the molecule is CC(CN1CCCC1)NC(=O)c1ccc(Br)c(Cl)c1. The summed E-state index contributed by atoms with van der Waals surface area (Å²) < 4.78 is 0.802. The second-order valence-electron chi connectivity index (χ2n) is 5.01. The molecule has 0 aromatic heterocycles. The van der Waals surface area contributed by atoms with Crippen LogP contribution in [0.25, 0.3) is 0 Å². The van der Waals surface area contributed by atoms with Crippen molar-refractivity contribution in [2.45, 2.75) is 25.8 Å². The Morgan fingerprint density at radius 2 is 2.16 bits per heavy atom. The molecule has 3 nitrogen and oxygen atoms in total. The van der Waals surface area contributed by atoms with Gasteiger partial charge in [-0.05, 0) is 67.0 Å². The minimum atomic E-state index is -0.0684. The third-order valence-electron chi connectivity index (χ3n) is 3.29. The topological polar surface area (TPSA) is 32.3 Å². The molecule has 0 radical (unpaired) electrons. The second-order valence-corrected chi connectivity index (χ2v) is 6.27. The summed E-state index contributed by atoms with van der Waals surface area (Å²) in [6.07, 6.45) is 2.53. The summed E-state index contributed by atoms with van der Waals surface area (Å²) in [5, 5.41) is 3.57. The molecule has 1 aliphatic heterocycles. The van der Waals surface area contributed by atoms with Crippen LogP contribution in [0.5, 0.6) is 0 Å². The molecule has 0 saturated carbocycles. The van der Waals surface area contributed by atoms with Gasteiger partial charge < -0.3 is 10.2 Å². The highest BCUT2D eigenvalue weighted by Gasteiger charge is 2.16. The van der Waals surface area contributed by atoms with E-state index in [1.807, 2.05) is 6.92 Å². The quantitative estimate of drug-likeness (QED) is 0.908. The number of hydrogen-bond acceptors (Lipinski definition) is 2. The molecule has 1 aromatic carbocycles. The predicted molar refractivity (Wildman–Crippen MR) is 81.8 cm³/mol. The lowest BCUT2D eigenvalue weighted by molar-refractivity contribution is 0.0932. The van der Waals surface area contributed by atoms with Gasteiger partial charge in [-0.3, -0.25) is 4.79 Å². The van der Waals surface area contributed by atoms with Gasteiger partial charge in [-0.15, -0.1) is 0 Å². The van der Waals surface area contributed by atoms with Gasteiger partial charge >= 0.3 is 0 Å². The van der Waals surface area contributed by atoms with E-state index < -0.39 is 0 Å². The first-order valence-electron chi connectivity index (χ1n) is 6.54. The summed E-state index contributed by atoms with van der Waals surface area (Å²) in [7, 11) is 0. The molecule has 1 unspecified atom stereocenters. The van der Waals surface area contributed by atoms with Crippen LogP contribution in [0.2, 0.25) is 5.02 Å². The van der Waals surface area contributed by atoms with E-state index in [2.05, 4.69) is 26.1 Å². The molecule has 1 saturated heterocycles. The van der Waals surface area contributed by atoms with E-state index in [9.17, 15) is 4.79 Å². The van der Waals surface area contributed by atoms with Gasteiger partial charge in [0.05, 0.1) is 5.02 Å². The first kappa shape index (κ1) is 14.8. The number of carbonyl (C=O) groups excluding carboxylic acids is 1. The van der Waals surface area contributed by atoms with Crippen molar-refractivity contribution in [1.82, 2.24) is 10.2 Å². The van der Waals surface area contributed by atoms with E-state index in [0.717, 1.165) is 24.1 Å². The van der Waals surface area contributed by atoms with Gasteiger partial charge in [0, 0.05) is 22.6 Å². The molecule has 19 heavy (non-hydrogen) atoms. The van der Waals surface area contributed by atoms with Gasteiger partial charge in [0.2, 0.25) is 0 Å². The number of halogens is 2. The van der Waals surface area contributed by atoms with Crippen LogP contribution in [0.1, 0.15) is 30.1 Å². The van der Waals surface area contributed by atoms with Crippen molar-refractivity contribution in [3.05, 3.63) is 33.3 Å². The van der Waals surface area contributed by atoms with Gasteiger partial charge in [0.1, 0.15) is 0 Å². The Balaban J connectivity index is 1.90. The van der Waals surface area contributed by atoms with Crippen LogP contribution in [0.3, 0.4) is 0 Å². The maximum atomic E-state index is 12.1. The lowest BCUT2D eigenvalue weighted by Crippen LogP contribution is -2.41. The minimum Gasteiger partial charge on any atom is -0.348 e. The van der Waals surface area contributed by atoms with Crippen LogP contribution in [-0.4, -0.2) is 36.5 Å². The minimum absolute atomic E-state index is 0.0684. The average Bonchev–Trinajstić information content (AvgIpc) is 2.85. The molecule has 2 rings (SSSR count). The van der Waals surface area contributed by atoms with Crippen molar-refractivity contribution < 1.29 is 4.79 Å². The highest BCUT2D eigenvalue weighted by atomic mass is 79.9.